The number of methoxy groups -OCH3 is 1. The number of nitrogens with one attached hydrogen (secondary N) is 1. The first-order valence-corrected chi connectivity index (χ1v) is 12.3. The van der Waals surface area contributed by atoms with Crippen LogP contribution < -0.4 is 10.1 Å². The van der Waals surface area contributed by atoms with Crippen LogP contribution >= 0.6 is 0 Å². The van der Waals surface area contributed by atoms with Crippen molar-refractivity contribution < 1.29 is 27.5 Å². The second kappa shape index (κ2) is 8.31. The number of piperazine rings is 1. The number of urea groups is 1. The van der Waals surface area contributed by atoms with E-state index in [0.29, 0.717) is 11.3 Å². The molecule has 2 saturated heterocycles. The van der Waals surface area contributed by atoms with Crippen LogP contribution in [-0.4, -0.2) is 86.5 Å². The molecule has 10 nitrogen and oxygen atoms in total. The summed E-state index contributed by atoms with van der Waals surface area (Å²) in [5.74, 6) is -0.196. The molecule has 2 aliphatic rings. The summed E-state index contributed by atoms with van der Waals surface area (Å²) in [6, 6.07) is 10.4. The van der Waals surface area contributed by atoms with Crippen molar-refractivity contribution in [2.24, 2.45) is 0 Å². The molecule has 0 radical (unpaired) electrons. The van der Waals surface area contributed by atoms with Crippen molar-refractivity contribution in [1.29, 1.82) is 0 Å². The highest BCUT2D eigenvalue weighted by Gasteiger charge is 2.49. The lowest BCUT2D eigenvalue weighted by molar-refractivity contribution is -0.139. The zero-order valence-corrected chi connectivity index (χ0v) is 19.5. The fraction of sp³-hybridized carbons (Fsp3) is 0.409. The number of rotatable bonds is 5. The van der Waals surface area contributed by atoms with Crippen molar-refractivity contribution in [1.82, 2.24) is 19.4 Å². The van der Waals surface area contributed by atoms with E-state index in [4.69, 9.17) is 4.74 Å². The minimum Gasteiger partial charge on any atom is -0.497 e. The Morgan fingerprint density at radius 3 is 2.33 bits per heavy atom. The summed E-state index contributed by atoms with van der Waals surface area (Å²) in [5.41, 5.74) is -0.698. The molecular weight excluding hydrogens is 448 g/mol. The molecule has 0 aliphatic carbocycles. The van der Waals surface area contributed by atoms with Crippen LogP contribution in [0.5, 0.6) is 5.75 Å². The van der Waals surface area contributed by atoms with E-state index in [1.807, 2.05) is 30.3 Å². The van der Waals surface area contributed by atoms with Gasteiger partial charge in [0.05, 0.1) is 13.4 Å². The molecule has 1 atom stereocenters. The Balaban J connectivity index is 1.49. The number of imide groups is 1. The monoisotopic (exact) mass is 474 g/mol. The Hall–Kier alpha value is -3.18. The molecule has 2 fully saturated rings. The number of carbonyl (C=O) groups excluding carboxylic acids is 3. The third kappa shape index (κ3) is 4.25. The van der Waals surface area contributed by atoms with Crippen molar-refractivity contribution in [2.45, 2.75) is 12.5 Å². The number of sulfonamides is 1. The molecule has 4 amide bonds. The highest BCUT2D eigenvalue weighted by Crippen LogP contribution is 2.32. The minimum atomic E-state index is -3.32. The van der Waals surface area contributed by atoms with Crippen molar-refractivity contribution in [3.8, 4) is 5.75 Å². The molecule has 0 aromatic heterocycles. The molecule has 176 valence electrons. The smallest absolute Gasteiger partial charge is 0.325 e. The molecule has 33 heavy (non-hydrogen) atoms. The second-order valence-corrected chi connectivity index (χ2v) is 10.4. The lowest BCUT2D eigenvalue weighted by Crippen LogP contribution is -2.53. The van der Waals surface area contributed by atoms with Gasteiger partial charge in [0.1, 0.15) is 17.8 Å². The van der Waals surface area contributed by atoms with Gasteiger partial charge in [-0.1, -0.05) is 18.2 Å². The molecule has 0 unspecified atom stereocenters. The van der Waals surface area contributed by atoms with Crippen molar-refractivity contribution >= 4 is 38.6 Å². The van der Waals surface area contributed by atoms with Crippen LogP contribution in [0.4, 0.5) is 4.79 Å². The Bertz CT molecular complexity index is 1240. The third-order valence-electron chi connectivity index (χ3n) is 6.25. The molecule has 1 N–H and O–H groups in total. The van der Waals surface area contributed by atoms with E-state index in [1.165, 1.54) is 9.21 Å². The standard InChI is InChI=1S/C22H26N4O6S/c1-22(17-6-4-16-13-18(32-2)7-5-15(16)12-17)20(28)26(21(29)23-22)14-19(27)24-8-10-25(11-9-24)33(3,30)31/h4-7,12-13H,8-11,14H2,1-3H3,(H,23,29)/t22-/m0/s1. The molecule has 2 aromatic carbocycles. The summed E-state index contributed by atoms with van der Waals surface area (Å²) in [7, 11) is -1.73. The predicted molar refractivity (Wildman–Crippen MR) is 121 cm³/mol. The molecule has 11 heteroatoms. The first-order chi connectivity index (χ1) is 15.5. The number of hydrogen-bond donors (Lipinski definition) is 1. The number of nitrogens with zero attached hydrogens (tertiary/aromatic N) is 3. The van der Waals surface area contributed by atoms with Crippen LogP contribution in [0.3, 0.4) is 0 Å². The SMILES string of the molecule is COc1ccc2cc([C@]3(C)NC(=O)N(CC(=O)N4CCN(S(C)(=O)=O)CC4)C3=O)ccc2c1. The molecule has 0 spiro atoms. The van der Waals surface area contributed by atoms with Crippen LogP contribution in [0.25, 0.3) is 10.8 Å². The van der Waals surface area contributed by atoms with Gasteiger partial charge in [-0.05, 0) is 41.5 Å². The quantitative estimate of drug-likeness (QED) is 0.639. The topological polar surface area (TPSA) is 116 Å². The molecular formula is C22H26N4O6S. The van der Waals surface area contributed by atoms with Gasteiger partial charge >= 0.3 is 6.03 Å². The second-order valence-electron chi connectivity index (χ2n) is 8.42. The molecule has 2 aliphatic heterocycles. The van der Waals surface area contributed by atoms with Gasteiger partial charge in [0.25, 0.3) is 5.91 Å². The molecule has 2 aromatic rings. The number of carbonyl (C=O) groups is 3. The summed E-state index contributed by atoms with van der Waals surface area (Å²) in [6.07, 6.45) is 1.13. The minimum absolute atomic E-state index is 0.185. The average molecular weight is 475 g/mol. The number of hydrogen-bond acceptors (Lipinski definition) is 6. The zero-order chi connectivity index (χ0) is 24.0. The number of benzene rings is 2. The van der Waals surface area contributed by atoms with Crippen LogP contribution in [0, 0.1) is 0 Å². The fourth-order valence-electron chi connectivity index (χ4n) is 4.20. The summed E-state index contributed by atoms with van der Waals surface area (Å²) >= 11 is 0. The van der Waals surface area contributed by atoms with Gasteiger partial charge in [-0.25, -0.2) is 13.2 Å². The van der Waals surface area contributed by atoms with Crippen LogP contribution in [0.2, 0.25) is 0 Å². The van der Waals surface area contributed by atoms with Gasteiger partial charge in [-0.15, -0.1) is 0 Å². The fourth-order valence-corrected chi connectivity index (χ4v) is 5.03. The first kappa shape index (κ1) is 23.0. The van der Waals surface area contributed by atoms with Crippen LogP contribution in [0.15, 0.2) is 36.4 Å². The first-order valence-electron chi connectivity index (χ1n) is 10.5. The molecule has 0 saturated carbocycles. The number of fused-ring (bicyclic) bond motifs is 1. The maximum atomic E-state index is 13.2. The Kier molecular flexibility index (Phi) is 5.79. The largest absolute Gasteiger partial charge is 0.497 e. The van der Waals surface area contributed by atoms with Gasteiger partial charge in [0.2, 0.25) is 15.9 Å². The molecule has 2 heterocycles. The van der Waals surface area contributed by atoms with Crippen LogP contribution in [0.1, 0.15) is 12.5 Å². The zero-order valence-electron chi connectivity index (χ0n) is 18.7. The summed E-state index contributed by atoms with van der Waals surface area (Å²) in [4.78, 5) is 41.0. The third-order valence-corrected chi connectivity index (χ3v) is 7.56. The van der Waals surface area contributed by atoms with E-state index >= 15 is 0 Å². The van der Waals surface area contributed by atoms with Crippen molar-refractivity contribution in [2.75, 3.05) is 46.1 Å². The highest BCUT2D eigenvalue weighted by atomic mass is 32.2. The predicted octanol–water partition coefficient (Wildman–Crippen LogP) is 0.719. The van der Waals surface area contributed by atoms with Crippen molar-refractivity contribution in [3.63, 3.8) is 0 Å². The Morgan fingerprint density at radius 2 is 1.70 bits per heavy atom. The maximum absolute atomic E-state index is 13.2. The van der Waals surface area contributed by atoms with E-state index in [0.717, 1.165) is 21.9 Å². The summed E-state index contributed by atoms with van der Waals surface area (Å²) < 4.78 is 29.9. The number of ether oxygens (including phenoxy) is 1. The van der Waals surface area contributed by atoms with E-state index in [9.17, 15) is 22.8 Å². The maximum Gasteiger partial charge on any atom is 0.325 e. The Morgan fingerprint density at radius 1 is 1.06 bits per heavy atom. The average Bonchev–Trinajstić information content (AvgIpc) is 3.01. The van der Waals surface area contributed by atoms with Gasteiger partial charge in [-0.3, -0.25) is 14.5 Å². The van der Waals surface area contributed by atoms with Gasteiger partial charge in [0.15, 0.2) is 0 Å². The van der Waals surface area contributed by atoms with Crippen LogP contribution in [-0.2, 0) is 25.2 Å². The van der Waals surface area contributed by atoms with Gasteiger partial charge < -0.3 is 15.0 Å². The lowest BCUT2D eigenvalue weighted by Gasteiger charge is -2.33. The molecule has 4 rings (SSSR count). The normalized spacial score (nSPS) is 22.0. The van der Waals surface area contributed by atoms with Crippen molar-refractivity contribution in [3.05, 3.63) is 42.0 Å². The van der Waals surface area contributed by atoms with E-state index in [-0.39, 0.29) is 26.2 Å². The summed E-state index contributed by atoms with van der Waals surface area (Å²) in [5, 5.41) is 4.54. The summed E-state index contributed by atoms with van der Waals surface area (Å²) in [6.45, 7) is 2.01. The Labute approximate surface area is 192 Å². The molecule has 0 bridgehead atoms. The van der Waals surface area contributed by atoms with Gasteiger partial charge in [-0.2, -0.15) is 4.31 Å². The van der Waals surface area contributed by atoms with E-state index in [1.54, 1.807) is 20.1 Å². The van der Waals surface area contributed by atoms with Gasteiger partial charge in [0, 0.05) is 26.2 Å². The lowest BCUT2D eigenvalue weighted by atomic mass is 9.90. The van der Waals surface area contributed by atoms with E-state index < -0.39 is 40.0 Å². The van der Waals surface area contributed by atoms with E-state index in [2.05, 4.69) is 5.32 Å². The highest BCUT2D eigenvalue weighted by molar-refractivity contribution is 7.88. The number of amides is 4.